The molecule has 4 amide bonds. The van der Waals surface area contributed by atoms with E-state index in [2.05, 4.69) is 33.4 Å². The molecule has 1 unspecified atom stereocenters. The Morgan fingerprint density at radius 1 is 0.694 bits per heavy atom. The molecule has 6 N–H and O–H groups in total. The van der Waals surface area contributed by atoms with E-state index in [-0.39, 0.29) is 38.2 Å². The number of allylic oxidation sites excluding steroid dienone is 2. The first-order valence-corrected chi connectivity index (χ1v) is 12.3. The molecule has 0 saturated heterocycles. The highest BCUT2D eigenvalue weighted by Crippen LogP contribution is 2.15. The first kappa shape index (κ1) is 31.3. The smallest absolute Gasteiger partial charge is 0.407 e. The van der Waals surface area contributed by atoms with E-state index in [1.807, 2.05) is 0 Å². The molecule has 0 fully saturated rings. The molecule has 0 heterocycles. The van der Waals surface area contributed by atoms with Crippen molar-refractivity contribution < 1.29 is 38.1 Å². The van der Waals surface area contributed by atoms with Crippen molar-refractivity contribution in [2.45, 2.75) is 38.2 Å². The van der Waals surface area contributed by atoms with Gasteiger partial charge in [0.1, 0.15) is 6.10 Å². The fourth-order valence-corrected chi connectivity index (χ4v) is 3.02. The zero-order valence-corrected chi connectivity index (χ0v) is 20.9. The van der Waals surface area contributed by atoms with Crippen molar-refractivity contribution in [3.8, 4) is 0 Å². The van der Waals surface area contributed by atoms with E-state index in [1.54, 1.807) is 0 Å². The third-order valence-electron chi connectivity index (χ3n) is 4.90. The van der Waals surface area contributed by atoms with Crippen LogP contribution >= 0.6 is 0 Å². The first-order valence-electron chi connectivity index (χ1n) is 12.3. The first-order chi connectivity index (χ1) is 17.5. The fraction of sp³-hybridized carbons (Fsp3) is 0.739. The van der Waals surface area contributed by atoms with E-state index in [1.165, 1.54) is 0 Å². The Kier molecular flexibility index (Phi) is 18.7. The topological polar surface area (TPSA) is 179 Å². The molecule has 0 spiro atoms. The summed E-state index contributed by atoms with van der Waals surface area (Å²) in [6.45, 7) is 2.20. The molecule has 0 radical (unpaired) electrons. The van der Waals surface area contributed by atoms with Gasteiger partial charge in [-0.3, -0.25) is 14.4 Å². The van der Waals surface area contributed by atoms with E-state index >= 15 is 0 Å². The highest BCUT2D eigenvalue weighted by molar-refractivity contribution is 5.88. The number of carbonyl (C=O) groups is 4. The summed E-state index contributed by atoms with van der Waals surface area (Å²) < 4.78 is 21.6. The van der Waals surface area contributed by atoms with Gasteiger partial charge in [0.15, 0.2) is 0 Å². The maximum atomic E-state index is 11.8. The third kappa shape index (κ3) is 18.6. The van der Waals surface area contributed by atoms with Crippen LogP contribution in [0.5, 0.6) is 0 Å². The fourth-order valence-electron chi connectivity index (χ4n) is 3.02. The number of amides is 4. The van der Waals surface area contributed by atoms with Crippen LogP contribution in [0, 0.1) is 0 Å². The predicted molar refractivity (Wildman–Crippen MR) is 131 cm³/mol. The van der Waals surface area contributed by atoms with Crippen LogP contribution in [0.4, 0.5) is 4.79 Å². The summed E-state index contributed by atoms with van der Waals surface area (Å²) in [7, 11) is 0. The molecular weight excluding hydrogens is 474 g/mol. The van der Waals surface area contributed by atoms with Gasteiger partial charge in [-0.15, -0.1) is 0 Å². The molecule has 1 rings (SSSR count). The average molecular weight is 516 g/mol. The number of rotatable bonds is 18. The summed E-state index contributed by atoms with van der Waals surface area (Å²) in [4.78, 5) is 45.8. The second kappa shape index (κ2) is 21.5. The van der Waals surface area contributed by atoms with Gasteiger partial charge in [0.2, 0.25) is 17.7 Å². The van der Waals surface area contributed by atoms with Gasteiger partial charge in [-0.1, -0.05) is 12.2 Å². The summed E-state index contributed by atoms with van der Waals surface area (Å²) in [6.07, 6.45) is 8.62. The molecule has 0 aromatic heterocycles. The van der Waals surface area contributed by atoms with E-state index in [0.717, 1.165) is 32.1 Å². The molecule has 0 bridgehead atoms. The van der Waals surface area contributed by atoms with Crippen molar-refractivity contribution in [1.82, 2.24) is 21.3 Å². The van der Waals surface area contributed by atoms with Crippen LogP contribution in [0.25, 0.3) is 0 Å². The Bertz CT molecular complexity index is 677. The highest BCUT2D eigenvalue weighted by Gasteiger charge is 2.14. The van der Waals surface area contributed by atoms with E-state index in [9.17, 15) is 19.2 Å². The second-order valence-electron chi connectivity index (χ2n) is 7.88. The monoisotopic (exact) mass is 515 g/mol. The largest absolute Gasteiger partial charge is 0.446 e. The number of carbonyl (C=O) groups excluding carboxylic acids is 4. The van der Waals surface area contributed by atoms with Crippen LogP contribution in [-0.2, 0) is 33.3 Å². The van der Waals surface area contributed by atoms with Crippen molar-refractivity contribution in [2.24, 2.45) is 5.73 Å². The molecule has 1 atom stereocenters. The van der Waals surface area contributed by atoms with E-state index in [4.69, 9.17) is 24.7 Å². The maximum absolute atomic E-state index is 11.8. The lowest BCUT2D eigenvalue weighted by Crippen LogP contribution is -2.43. The van der Waals surface area contributed by atoms with Gasteiger partial charge in [-0.05, 0) is 32.1 Å². The molecule has 0 aromatic carbocycles. The van der Waals surface area contributed by atoms with Crippen LogP contribution in [0.15, 0.2) is 12.2 Å². The van der Waals surface area contributed by atoms with E-state index in [0.29, 0.717) is 46.2 Å². The Balaban J connectivity index is 1.83. The van der Waals surface area contributed by atoms with Crippen LogP contribution in [0.3, 0.4) is 0 Å². The molecule has 13 heteroatoms. The van der Waals surface area contributed by atoms with Crippen LogP contribution in [0.1, 0.15) is 32.1 Å². The van der Waals surface area contributed by atoms with Gasteiger partial charge in [0.25, 0.3) is 0 Å². The van der Waals surface area contributed by atoms with Gasteiger partial charge in [0.05, 0.1) is 59.3 Å². The average Bonchev–Trinajstić information content (AvgIpc) is 2.85. The number of nitrogens with two attached hydrogens (primary N) is 1. The van der Waals surface area contributed by atoms with Gasteiger partial charge >= 0.3 is 6.09 Å². The van der Waals surface area contributed by atoms with E-state index < -0.39 is 17.9 Å². The lowest BCUT2D eigenvalue weighted by Gasteiger charge is -2.18. The van der Waals surface area contributed by atoms with Gasteiger partial charge in [-0.25, -0.2) is 4.79 Å². The molecule has 13 nitrogen and oxygen atoms in total. The molecule has 0 aliphatic heterocycles. The van der Waals surface area contributed by atoms with Crippen LogP contribution < -0.4 is 27.0 Å². The summed E-state index contributed by atoms with van der Waals surface area (Å²) >= 11 is 0. The SMILES string of the molecule is NCC(=O)NCC(=O)NCC(=O)NCCOCCOCCOCCNC(=O)OC1CC/C=C\CCC1. The Morgan fingerprint density at radius 3 is 1.92 bits per heavy atom. The standard InChI is InChI=1S/C23H41N5O8/c24-16-20(29)27-18-22(31)28-17-21(30)25-8-10-33-12-14-35-15-13-34-11-9-26-23(32)36-19-6-4-2-1-3-5-7-19/h1-2,19H,3-18,24H2,(H,25,30)(H,26,32)(H,27,29)(H,28,31)/b2-1-. The number of nitrogens with one attached hydrogen (secondary N) is 4. The molecule has 206 valence electrons. The molecule has 1 aliphatic rings. The Labute approximate surface area is 212 Å². The molecule has 1 aliphatic carbocycles. The lowest BCUT2D eigenvalue weighted by atomic mass is 10.0. The van der Waals surface area contributed by atoms with Crippen LogP contribution in [-0.4, -0.2) is 102 Å². The Hall–Kier alpha value is -2.74. The van der Waals surface area contributed by atoms with Crippen molar-refractivity contribution in [1.29, 1.82) is 0 Å². The van der Waals surface area contributed by atoms with Crippen molar-refractivity contribution in [3.05, 3.63) is 12.2 Å². The minimum atomic E-state index is -0.485. The molecule has 0 aromatic rings. The maximum Gasteiger partial charge on any atom is 0.407 e. The summed E-state index contributed by atoms with van der Waals surface area (Å²) in [5.74, 6) is -1.31. The van der Waals surface area contributed by atoms with Gasteiger partial charge in [0, 0.05) is 13.1 Å². The van der Waals surface area contributed by atoms with Crippen molar-refractivity contribution >= 4 is 23.8 Å². The molecule has 0 saturated carbocycles. The Morgan fingerprint density at radius 2 is 1.25 bits per heavy atom. The minimum absolute atomic E-state index is 0.0288. The molecular formula is C23H41N5O8. The summed E-state index contributed by atoms with van der Waals surface area (Å²) in [5, 5.41) is 9.96. The number of hydrogen-bond acceptors (Lipinski definition) is 9. The zero-order valence-electron chi connectivity index (χ0n) is 20.9. The zero-order chi connectivity index (χ0) is 26.3. The summed E-state index contributed by atoms with van der Waals surface area (Å²) in [5.41, 5.74) is 5.10. The number of alkyl carbamates (subject to hydrolysis) is 1. The number of ether oxygens (including phenoxy) is 4. The van der Waals surface area contributed by atoms with Crippen LogP contribution in [0.2, 0.25) is 0 Å². The van der Waals surface area contributed by atoms with Crippen molar-refractivity contribution in [3.63, 3.8) is 0 Å². The highest BCUT2D eigenvalue weighted by atomic mass is 16.6. The lowest BCUT2D eigenvalue weighted by molar-refractivity contribution is -0.127. The quantitative estimate of drug-likeness (QED) is 0.113. The van der Waals surface area contributed by atoms with Crippen molar-refractivity contribution in [2.75, 3.05) is 72.4 Å². The number of hydrogen-bond donors (Lipinski definition) is 5. The van der Waals surface area contributed by atoms with Gasteiger partial charge in [-0.2, -0.15) is 0 Å². The third-order valence-corrected chi connectivity index (χ3v) is 4.90. The summed E-state index contributed by atoms with van der Waals surface area (Å²) in [6, 6.07) is 0. The molecule has 36 heavy (non-hydrogen) atoms. The van der Waals surface area contributed by atoms with Gasteiger partial charge < -0.3 is 45.9 Å². The normalized spacial score (nSPS) is 16.2. The second-order valence-corrected chi connectivity index (χ2v) is 7.88. The minimum Gasteiger partial charge on any atom is -0.446 e. The predicted octanol–water partition coefficient (Wildman–Crippen LogP) is -1.04.